The van der Waals surface area contributed by atoms with Crippen molar-refractivity contribution in [1.29, 1.82) is 0 Å². The van der Waals surface area contributed by atoms with Gasteiger partial charge in [0.05, 0.1) is 43.7 Å². The molecule has 46 heavy (non-hydrogen) atoms. The molecule has 10 heteroatoms. The maximum Gasteiger partial charge on any atom is 0.264 e. The number of fused-ring (bicyclic) bond motifs is 1. The Morgan fingerprint density at radius 1 is 0.848 bits per heavy atom. The van der Waals surface area contributed by atoms with E-state index in [0.717, 1.165) is 37.4 Å². The number of methoxy groups -OCH3 is 3. The van der Waals surface area contributed by atoms with Gasteiger partial charge in [-0.05, 0) is 55.2 Å². The maximum atomic E-state index is 14.3. The first-order chi connectivity index (χ1) is 22.4. The number of amides is 3. The van der Waals surface area contributed by atoms with Crippen LogP contribution in [0.4, 0.5) is 5.69 Å². The van der Waals surface area contributed by atoms with Crippen molar-refractivity contribution in [3.8, 4) is 11.5 Å². The first kappa shape index (κ1) is 33.0. The second kappa shape index (κ2) is 15.2. The van der Waals surface area contributed by atoms with Crippen molar-refractivity contribution in [3.05, 3.63) is 89.0 Å². The van der Waals surface area contributed by atoms with Crippen LogP contribution in [0.2, 0.25) is 0 Å². The topological polar surface area (TPSA) is 101 Å². The molecule has 1 saturated heterocycles. The zero-order valence-electron chi connectivity index (χ0n) is 27.2. The number of carbonyl (C=O) groups is 3. The summed E-state index contributed by atoms with van der Waals surface area (Å²) < 4.78 is 16.0. The molecule has 2 aliphatic heterocycles. The van der Waals surface area contributed by atoms with Crippen LogP contribution in [0.1, 0.15) is 70.1 Å². The van der Waals surface area contributed by atoms with Crippen LogP contribution >= 0.6 is 0 Å². The second-order valence-corrected chi connectivity index (χ2v) is 11.7. The lowest BCUT2D eigenvalue weighted by atomic mass is 9.99. The van der Waals surface area contributed by atoms with Crippen LogP contribution in [-0.2, 0) is 9.53 Å². The third kappa shape index (κ3) is 7.03. The van der Waals surface area contributed by atoms with E-state index in [-0.39, 0.29) is 30.2 Å². The largest absolute Gasteiger partial charge is 0.493 e. The third-order valence-electron chi connectivity index (χ3n) is 9.02. The predicted molar refractivity (Wildman–Crippen MR) is 177 cm³/mol. The smallest absolute Gasteiger partial charge is 0.264 e. The van der Waals surface area contributed by atoms with Crippen LogP contribution in [0.25, 0.3) is 0 Å². The summed E-state index contributed by atoms with van der Waals surface area (Å²) in [6.45, 7) is 6.16. The van der Waals surface area contributed by atoms with E-state index < -0.39 is 6.04 Å². The van der Waals surface area contributed by atoms with Crippen LogP contribution in [0.5, 0.6) is 11.5 Å². The van der Waals surface area contributed by atoms with Gasteiger partial charge in [0.25, 0.3) is 11.8 Å². The fraction of sp³-hybridized carbons (Fsp3) is 0.417. The Morgan fingerprint density at radius 2 is 1.59 bits per heavy atom. The van der Waals surface area contributed by atoms with E-state index in [1.54, 1.807) is 33.5 Å². The third-order valence-corrected chi connectivity index (χ3v) is 9.02. The number of nitrogens with zero attached hydrogens (tertiary/aromatic N) is 3. The molecule has 10 nitrogen and oxygen atoms in total. The molecule has 1 unspecified atom stereocenters. The zero-order chi connectivity index (χ0) is 32.6. The SMILES string of the molecule is COCCC(=O)NCCC[C@H](c1ccc(OC)c(OC)c1)N1C(=O)c2cccc(N3CCN(C(C)c4ccccc4)CC3)c2C1=O. The molecular formula is C36H44N4O6. The fourth-order valence-electron chi connectivity index (χ4n) is 6.44. The molecule has 0 aliphatic carbocycles. The minimum Gasteiger partial charge on any atom is -0.493 e. The van der Waals surface area contributed by atoms with Crippen molar-refractivity contribution in [2.75, 3.05) is 65.6 Å². The summed E-state index contributed by atoms with van der Waals surface area (Å²) in [4.78, 5) is 46.6. The highest BCUT2D eigenvalue weighted by Crippen LogP contribution is 2.40. The van der Waals surface area contributed by atoms with Gasteiger partial charge < -0.3 is 24.4 Å². The van der Waals surface area contributed by atoms with Crippen molar-refractivity contribution in [3.63, 3.8) is 0 Å². The molecule has 2 aliphatic rings. The number of carbonyl (C=O) groups excluding carboxylic acids is 3. The number of benzene rings is 3. The number of hydrogen-bond donors (Lipinski definition) is 1. The molecule has 1 N–H and O–H groups in total. The highest BCUT2D eigenvalue weighted by molar-refractivity contribution is 6.24. The minimum absolute atomic E-state index is 0.104. The van der Waals surface area contributed by atoms with E-state index >= 15 is 0 Å². The van der Waals surface area contributed by atoms with E-state index in [0.29, 0.717) is 48.6 Å². The summed E-state index contributed by atoms with van der Waals surface area (Å²) in [5.41, 5.74) is 3.70. The van der Waals surface area contributed by atoms with Crippen molar-refractivity contribution in [1.82, 2.24) is 15.1 Å². The minimum atomic E-state index is -0.570. The molecule has 0 bridgehead atoms. The molecule has 0 saturated carbocycles. The van der Waals surface area contributed by atoms with Gasteiger partial charge in [-0.2, -0.15) is 0 Å². The van der Waals surface area contributed by atoms with Crippen LogP contribution in [0, 0.1) is 0 Å². The van der Waals surface area contributed by atoms with Crippen molar-refractivity contribution in [2.45, 2.75) is 38.3 Å². The average molecular weight is 629 g/mol. The Balaban J connectivity index is 1.37. The number of piperazine rings is 1. The Morgan fingerprint density at radius 3 is 2.28 bits per heavy atom. The van der Waals surface area contributed by atoms with Gasteiger partial charge in [0, 0.05) is 52.3 Å². The summed E-state index contributed by atoms with van der Waals surface area (Å²) in [7, 11) is 4.68. The van der Waals surface area contributed by atoms with E-state index in [2.05, 4.69) is 46.3 Å². The Labute approximate surface area is 271 Å². The van der Waals surface area contributed by atoms with Crippen LogP contribution in [-0.4, -0.2) is 88.2 Å². The fourth-order valence-corrected chi connectivity index (χ4v) is 6.44. The quantitative estimate of drug-likeness (QED) is 0.200. The molecule has 3 aromatic rings. The van der Waals surface area contributed by atoms with Gasteiger partial charge in [-0.1, -0.05) is 42.5 Å². The molecule has 0 spiro atoms. The number of hydrogen-bond acceptors (Lipinski definition) is 8. The molecule has 5 rings (SSSR count). The highest BCUT2D eigenvalue weighted by Gasteiger charge is 2.43. The molecular weight excluding hydrogens is 584 g/mol. The predicted octanol–water partition coefficient (Wildman–Crippen LogP) is 4.86. The molecule has 2 atom stereocenters. The Hall–Kier alpha value is -4.41. The molecule has 3 aromatic carbocycles. The second-order valence-electron chi connectivity index (χ2n) is 11.7. The first-order valence-corrected chi connectivity index (χ1v) is 15.9. The molecule has 0 radical (unpaired) electrons. The van der Waals surface area contributed by atoms with Gasteiger partial charge in [0.1, 0.15) is 0 Å². The van der Waals surface area contributed by atoms with Gasteiger partial charge in [-0.25, -0.2) is 0 Å². The Bertz CT molecular complexity index is 1520. The molecule has 1 fully saturated rings. The standard InChI is InChI=1S/C36H44N4O6/c1-25(26-10-6-5-7-11-26)38-19-21-39(22-20-38)30-13-8-12-28-34(30)36(43)40(35(28)42)29(14-9-18-37-33(41)17-23-44-2)27-15-16-31(45-3)32(24-27)46-4/h5-8,10-13,15-16,24-25,29H,9,14,17-23H2,1-4H3,(H,37,41)/t25?,29-/m1/s1. The summed E-state index contributed by atoms with van der Waals surface area (Å²) in [6.07, 6.45) is 1.28. The average Bonchev–Trinajstić information content (AvgIpc) is 3.36. The molecule has 0 aromatic heterocycles. The van der Waals surface area contributed by atoms with Gasteiger partial charge in [0.15, 0.2) is 11.5 Å². The van der Waals surface area contributed by atoms with Crippen LogP contribution in [0.15, 0.2) is 66.7 Å². The summed E-state index contributed by atoms with van der Waals surface area (Å²) in [5, 5.41) is 2.91. The van der Waals surface area contributed by atoms with Crippen molar-refractivity contribution < 1.29 is 28.6 Å². The number of nitrogens with one attached hydrogen (secondary N) is 1. The Kier molecular flexibility index (Phi) is 10.9. The van der Waals surface area contributed by atoms with Crippen LogP contribution < -0.4 is 19.7 Å². The van der Waals surface area contributed by atoms with Gasteiger partial charge in [-0.15, -0.1) is 0 Å². The van der Waals surface area contributed by atoms with Gasteiger partial charge >= 0.3 is 0 Å². The van der Waals surface area contributed by atoms with E-state index in [4.69, 9.17) is 14.2 Å². The van der Waals surface area contributed by atoms with E-state index in [9.17, 15) is 14.4 Å². The lowest BCUT2D eigenvalue weighted by molar-refractivity contribution is -0.121. The van der Waals surface area contributed by atoms with Crippen LogP contribution in [0.3, 0.4) is 0 Å². The highest BCUT2D eigenvalue weighted by atomic mass is 16.5. The zero-order valence-corrected chi connectivity index (χ0v) is 27.2. The summed E-state index contributed by atoms with van der Waals surface area (Å²) in [6, 6.07) is 21.2. The number of anilines is 1. The number of rotatable bonds is 14. The summed E-state index contributed by atoms with van der Waals surface area (Å²) >= 11 is 0. The lowest BCUT2D eigenvalue weighted by Gasteiger charge is -2.39. The number of imide groups is 1. The maximum absolute atomic E-state index is 14.3. The monoisotopic (exact) mass is 628 g/mol. The lowest BCUT2D eigenvalue weighted by Crippen LogP contribution is -2.47. The molecule has 2 heterocycles. The van der Waals surface area contributed by atoms with E-state index in [1.807, 2.05) is 30.3 Å². The van der Waals surface area contributed by atoms with Gasteiger partial charge in [0.2, 0.25) is 5.91 Å². The normalized spacial score (nSPS) is 16.3. The van der Waals surface area contributed by atoms with Crippen molar-refractivity contribution >= 4 is 23.4 Å². The van der Waals surface area contributed by atoms with Crippen molar-refractivity contribution in [2.24, 2.45) is 0 Å². The van der Waals surface area contributed by atoms with E-state index in [1.165, 1.54) is 10.5 Å². The number of ether oxygens (including phenoxy) is 3. The molecule has 244 valence electrons. The first-order valence-electron chi connectivity index (χ1n) is 15.9. The van der Waals surface area contributed by atoms with Gasteiger partial charge in [-0.3, -0.25) is 24.2 Å². The summed E-state index contributed by atoms with van der Waals surface area (Å²) in [5.74, 6) is 0.341. The molecule has 3 amide bonds.